The molecule has 0 radical (unpaired) electrons. The number of rotatable bonds is 14. The molecule has 1 amide bonds. The van der Waals surface area contributed by atoms with Gasteiger partial charge in [-0.3, -0.25) is 19.7 Å². The van der Waals surface area contributed by atoms with Crippen LogP contribution in [0.5, 0.6) is 17.4 Å². The Labute approximate surface area is 370 Å². The second-order valence-corrected chi connectivity index (χ2v) is 19.6. The number of likely N-dealkylation sites (tertiary alicyclic amines) is 1. The molecule has 1 aliphatic carbocycles. The number of piperazine rings is 1. The molecule has 1 atom stereocenters. The molecule has 0 saturated carbocycles. The fourth-order valence-corrected chi connectivity index (χ4v) is 9.88. The Hall–Kier alpha value is -4.80. The van der Waals surface area contributed by atoms with Gasteiger partial charge >= 0.3 is 0 Å². The van der Waals surface area contributed by atoms with Crippen LogP contribution in [0.3, 0.4) is 0 Å². The van der Waals surface area contributed by atoms with E-state index in [1.54, 1.807) is 41.4 Å². The van der Waals surface area contributed by atoms with Crippen molar-refractivity contribution >= 4 is 61.3 Å². The third-order valence-electron chi connectivity index (χ3n) is 11.9. The monoisotopic (exact) mass is 907 g/mol. The molecular weight excluding hydrogens is 860 g/mol. The minimum absolute atomic E-state index is 0.00240. The van der Waals surface area contributed by atoms with E-state index >= 15 is 0 Å². The lowest BCUT2D eigenvalue weighted by atomic mass is 9.72. The van der Waals surface area contributed by atoms with E-state index in [0.717, 1.165) is 80.5 Å². The minimum atomic E-state index is -4.47. The van der Waals surface area contributed by atoms with E-state index in [-0.39, 0.29) is 51.6 Å². The van der Waals surface area contributed by atoms with Crippen molar-refractivity contribution < 1.29 is 31.5 Å². The largest absolute Gasteiger partial charge is 0.476 e. The lowest BCUT2D eigenvalue weighted by Crippen LogP contribution is -2.47. The van der Waals surface area contributed by atoms with E-state index in [4.69, 9.17) is 32.7 Å². The van der Waals surface area contributed by atoms with Crippen molar-refractivity contribution in [2.45, 2.75) is 50.9 Å². The number of allylic oxidation sites excluding steroid dienone is 1. The van der Waals surface area contributed by atoms with Gasteiger partial charge in [0.15, 0.2) is 0 Å². The van der Waals surface area contributed by atoms with Gasteiger partial charge in [-0.2, -0.15) is 5.10 Å². The summed E-state index contributed by atoms with van der Waals surface area (Å²) in [6.45, 7) is 9.54. The summed E-state index contributed by atoms with van der Waals surface area (Å²) in [4.78, 5) is 24.1. The van der Waals surface area contributed by atoms with Gasteiger partial charge in [-0.25, -0.2) is 26.9 Å². The molecule has 2 aliphatic heterocycles. The van der Waals surface area contributed by atoms with Crippen LogP contribution in [0.1, 0.15) is 55.5 Å². The number of nitrogens with zero attached hydrogens (tertiary/aromatic N) is 5. The van der Waals surface area contributed by atoms with Gasteiger partial charge in [-0.05, 0) is 91.2 Å². The smallest absolute Gasteiger partial charge is 0.268 e. The summed E-state index contributed by atoms with van der Waals surface area (Å²) in [5, 5.41) is 8.39. The number of pyridine rings is 1. The van der Waals surface area contributed by atoms with Crippen molar-refractivity contribution in [3.63, 3.8) is 0 Å². The molecule has 2 fully saturated rings. The van der Waals surface area contributed by atoms with Crippen molar-refractivity contribution in [1.29, 1.82) is 0 Å². The number of hydrogen-bond donors (Lipinski definition) is 2. The lowest BCUT2D eigenvalue weighted by molar-refractivity contribution is 0.0960. The molecular formula is C45H49Cl2F2N7O5S. The number of carbonyl (C=O) groups is 1. The standard InChI is InChI=1S/C45H49Cl2F2N7O5S/c1-45(2)14-12-31(36(22-45)30-6-8-32(46)9-7-30)26-54-16-18-56(19-17-54)33-10-11-35(41(20-33)61-40-5-3-4-39-37(40)24-51-52-39)43(57)53-62(58,59)34-21-38(47)44(50-23-34)60-28-29-13-15-55(25-29)27-42(48)49/h3-11,20-21,23-24,29,42H,12-19,22,25-28H2,1-2H3,(H,51,52)(H,53,57). The SMILES string of the molecule is CC1(C)CCC(CN2CCN(c3ccc(C(=O)NS(=O)(=O)c4cnc(OCC5CCN(CC(F)F)C5)c(Cl)c4)c(Oc4cccc5[nH]ncc45)c3)CC2)=C(c2ccc(Cl)cc2)C1. The molecule has 1 unspecified atom stereocenters. The number of halogens is 4. The van der Waals surface area contributed by atoms with E-state index in [2.05, 4.69) is 55.7 Å². The van der Waals surface area contributed by atoms with Gasteiger partial charge in [-0.1, -0.05) is 60.8 Å². The molecule has 62 heavy (non-hydrogen) atoms. The Balaban J connectivity index is 0.972. The Kier molecular flexibility index (Phi) is 13.1. The van der Waals surface area contributed by atoms with Gasteiger partial charge in [0.25, 0.3) is 22.4 Å². The number of benzene rings is 3. The maximum atomic E-state index is 13.9. The number of aromatic amines is 1. The highest BCUT2D eigenvalue weighted by atomic mass is 35.5. The number of ether oxygens (including phenoxy) is 2. The Morgan fingerprint density at radius 1 is 0.984 bits per heavy atom. The Morgan fingerprint density at radius 3 is 2.53 bits per heavy atom. The van der Waals surface area contributed by atoms with Gasteiger partial charge in [0.1, 0.15) is 21.4 Å². The summed E-state index contributed by atoms with van der Waals surface area (Å²) < 4.78 is 67.1. The van der Waals surface area contributed by atoms with E-state index in [1.165, 1.54) is 16.7 Å². The number of fused-ring (bicyclic) bond motifs is 1. The third-order valence-corrected chi connectivity index (χ3v) is 13.8. The first-order valence-corrected chi connectivity index (χ1v) is 23.0. The van der Waals surface area contributed by atoms with Gasteiger partial charge in [0.2, 0.25) is 5.88 Å². The Morgan fingerprint density at radius 2 is 1.77 bits per heavy atom. The van der Waals surface area contributed by atoms with Gasteiger partial charge < -0.3 is 14.4 Å². The predicted molar refractivity (Wildman–Crippen MR) is 237 cm³/mol. The fourth-order valence-electron chi connectivity index (χ4n) is 8.53. The van der Waals surface area contributed by atoms with Crippen LogP contribution in [0, 0.1) is 11.3 Å². The van der Waals surface area contributed by atoms with Crippen molar-refractivity contribution in [3.05, 3.63) is 106 Å². The molecule has 3 aliphatic rings. The zero-order chi connectivity index (χ0) is 43.6. The molecule has 328 valence electrons. The average molecular weight is 909 g/mol. The van der Waals surface area contributed by atoms with Gasteiger partial charge in [0.05, 0.1) is 42.0 Å². The third kappa shape index (κ3) is 10.3. The summed E-state index contributed by atoms with van der Waals surface area (Å²) in [5.74, 6) is -0.326. The lowest BCUT2D eigenvalue weighted by Gasteiger charge is -2.39. The summed E-state index contributed by atoms with van der Waals surface area (Å²) in [7, 11) is -4.47. The second-order valence-electron chi connectivity index (χ2n) is 17.1. The van der Waals surface area contributed by atoms with Crippen molar-refractivity contribution in [2.75, 3.05) is 63.9 Å². The summed E-state index contributed by atoms with van der Waals surface area (Å²) in [5.41, 5.74) is 5.89. The molecule has 17 heteroatoms. The zero-order valence-electron chi connectivity index (χ0n) is 34.6. The van der Waals surface area contributed by atoms with Gasteiger partial charge in [0, 0.05) is 62.0 Å². The van der Waals surface area contributed by atoms with E-state index in [9.17, 15) is 22.0 Å². The quantitative estimate of drug-likeness (QED) is 0.111. The Bertz CT molecular complexity index is 2570. The zero-order valence-corrected chi connectivity index (χ0v) is 36.9. The molecule has 8 rings (SSSR count). The number of hydrogen-bond acceptors (Lipinski definition) is 10. The molecule has 3 aromatic carbocycles. The highest BCUT2D eigenvalue weighted by Gasteiger charge is 2.31. The summed E-state index contributed by atoms with van der Waals surface area (Å²) >= 11 is 12.6. The molecule has 0 spiro atoms. The number of amides is 1. The topological polar surface area (TPSA) is 133 Å². The second kappa shape index (κ2) is 18.5. The fraction of sp³-hybridized carbons (Fsp3) is 0.400. The molecule has 2 saturated heterocycles. The first kappa shape index (κ1) is 43.8. The van der Waals surface area contributed by atoms with Crippen LogP contribution < -0.4 is 19.1 Å². The number of alkyl halides is 2. The molecule has 5 aromatic rings. The van der Waals surface area contributed by atoms with Crippen molar-refractivity contribution in [1.82, 2.24) is 29.7 Å². The van der Waals surface area contributed by atoms with Crippen LogP contribution in [0.25, 0.3) is 16.5 Å². The first-order chi connectivity index (χ1) is 29.7. The van der Waals surface area contributed by atoms with Crippen LogP contribution in [-0.4, -0.2) is 105 Å². The molecule has 0 bridgehead atoms. The molecule has 2 aromatic heterocycles. The average Bonchev–Trinajstić information content (AvgIpc) is 3.91. The predicted octanol–water partition coefficient (Wildman–Crippen LogP) is 8.93. The number of sulfonamides is 1. The summed E-state index contributed by atoms with van der Waals surface area (Å²) in [6, 6.07) is 19.9. The van der Waals surface area contributed by atoms with Crippen LogP contribution in [0.15, 0.2) is 89.6 Å². The number of aromatic nitrogens is 3. The first-order valence-electron chi connectivity index (χ1n) is 20.7. The van der Waals surface area contributed by atoms with Crippen molar-refractivity contribution in [2.24, 2.45) is 11.3 Å². The number of anilines is 1. The highest BCUT2D eigenvalue weighted by molar-refractivity contribution is 7.90. The number of H-pyrrole nitrogens is 1. The van der Waals surface area contributed by atoms with Crippen molar-refractivity contribution in [3.8, 4) is 17.4 Å². The van der Waals surface area contributed by atoms with Gasteiger partial charge in [-0.15, -0.1) is 0 Å². The normalized spacial score (nSPS) is 18.8. The molecule has 4 heterocycles. The summed E-state index contributed by atoms with van der Waals surface area (Å²) in [6.07, 6.45) is 4.14. The van der Waals surface area contributed by atoms with Crippen LogP contribution in [0.2, 0.25) is 10.0 Å². The minimum Gasteiger partial charge on any atom is -0.476 e. The molecule has 2 N–H and O–H groups in total. The maximum absolute atomic E-state index is 13.9. The van der Waals surface area contributed by atoms with Crippen LogP contribution in [0.4, 0.5) is 14.5 Å². The molecule has 12 nitrogen and oxygen atoms in total. The van der Waals surface area contributed by atoms with E-state index in [1.807, 2.05) is 18.2 Å². The number of nitrogens with one attached hydrogen (secondary N) is 2. The van der Waals surface area contributed by atoms with Crippen LogP contribution >= 0.6 is 23.2 Å². The van der Waals surface area contributed by atoms with E-state index in [0.29, 0.717) is 30.6 Å². The van der Waals surface area contributed by atoms with Crippen LogP contribution in [-0.2, 0) is 10.0 Å². The number of carbonyl (C=O) groups excluding carboxylic acids is 1. The maximum Gasteiger partial charge on any atom is 0.268 e. The van der Waals surface area contributed by atoms with E-state index < -0.39 is 22.4 Å². The highest BCUT2D eigenvalue weighted by Crippen LogP contribution is 2.43.